The number of nitrogens with one attached hydrogen (secondary N) is 2. The van der Waals surface area contributed by atoms with Crippen LogP contribution in [0.3, 0.4) is 0 Å². The molecule has 148 valence electrons. The second-order valence-electron chi connectivity index (χ2n) is 6.92. The highest BCUT2D eigenvalue weighted by Crippen LogP contribution is 2.34. The second kappa shape index (κ2) is 7.97. The fourth-order valence-corrected chi connectivity index (χ4v) is 5.08. The van der Waals surface area contributed by atoms with Crippen LogP contribution in [0.25, 0.3) is 0 Å². The molecule has 0 spiro atoms. The van der Waals surface area contributed by atoms with Crippen molar-refractivity contribution in [1.82, 2.24) is 0 Å². The molecule has 6 nitrogen and oxygen atoms in total. The van der Waals surface area contributed by atoms with Crippen LogP contribution >= 0.6 is 11.8 Å². The Bertz CT molecular complexity index is 1050. The van der Waals surface area contributed by atoms with Crippen LogP contribution < -0.4 is 10.6 Å². The minimum Gasteiger partial charge on any atom is -0.326 e. The number of anilines is 2. The van der Waals surface area contributed by atoms with E-state index in [4.69, 9.17) is 0 Å². The predicted octanol–water partition coefficient (Wildman–Crippen LogP) is 3.54. The highest BCUT2D eigenvalue weighted by Gasteiger charge is 2.27. The molecule has 2 N–H and O–H groups in total. The van der Waals surface area contributed by atoms with Gasteiger partial charge in [-0.3, -0.25) is 9.59 Å². The normalized spacial score (nSPS) is 14.8. The van der Waals surface area contributed by atoms with Crippen molar-refractivity contribution in [2.45, 2.75) is 42.2 Å². The van der Waals surface area contributed by atoms with Crippen molar-refractivity contribution in [2.75, 3.05) is 16.4 Å². The molecule has 0 bridgehead atoms. The van der Waals surface area contributed by atoms with Crippen LogP contribution in [-0.4, -0.2) is 31.2 Å². The molecule has 0 fully saturated rings. The topological polar surface area (TPSA) is 92.3 Å². The molecule has 0 aromatic heterocycles. The van der Waals surface area contributed by atoms with Gasteiger partial charge < -0.3 is 10.6 Å². The SMILES string of the molecule is Cc1ccc(C)c(NC(=O)C[C@H](C)S(=O)(=O)c2ccc3c(c2)NC(=O)CS3)c1. The number of thioether (sulfide) groups is 1. The molecule has 2 amide bonds. The Kier molecular flexibility index (Phi) is 5.81. The molecule has 0 unspecified atom stereocenters. The van der Waals surface area contributed by atoms with Gasteiger partial charge in [-0.1, -0.05) is 12.1 Å². The van der Waals surface area contributed by atoms with E-state index in [-0.39, 0.29) is 23.1 Å². The molecule has 0 aliphatic carbocycles. The van der Waals surface area contributed by atoms with E-state index in [1.165, 1.54) is 30.8 Å². The largest absolute Gasteiger partial charge is 0.326 e. The standard InChI is InChI=1S/C20H22N2O4S2/c1-12-4-5-13(2)16(8-12)21-19(23)9-14(3)28(25,26)15-6-7-18-17(10-15)22-20(24)11-27-18/h4-8,10,14H,9,11H2,1-3H3,(H,21,23)(H,22,24)/t14-/m0/s1. The smallest absolute Gasteiger partial charge is 0.234 e. The quantitative estimate of drug-likeness (QED) is 0.775. The molecule has 1 aliphatic rings. The Morgan fingerprint density at radius 2 is 1.96 bits per heavy atom. The molecule has 1 atom stereocenters. The first kappa shape index (κ1) is 20.4. The number of fused-ring (bicyclic) bond motifs is 1. The summed E-state index contributed by atoms with van der Waals surface area (Å²) in [6.45, 7) is 5.33. The first-order valence-electron chi connectivity index (χ1n) is 8.84. The monoisotopic (exact) mass is 418 g/mol. The van der Waals surface area contributed by atoms with Gasteiger partial charge in [0, 0.05) is 17.0 Å². The van der Waals surface area contributed by atoms with Crippen LogP contribution in [0.15, 0.2) is 46.2 Å². The molecule has 8 heteroatoms. The average molecular weight is 419 g/mol. The molecule has 28 heavy (non-hydrogen) atoms. The van der Waals surface area contributed by atoms with E-state index in [2.05, 4.69) is 10.6 Å². The molecule has 0 saturated carbocycles. The van der Waals surface area contributed by atoms with Gasteiger partial charge in [0.1, 0.15) is 0 Å². The number of hydrogen-bond acceptors (Lipinski definition) is 5. The van der Waals surface area contributed by atoms with Crippen molar-refractivity contribution in [3.63, 3.8) is 0 Å². The maximum Gasteiger partial charge on any atom is 0.234 e. The lowest BCUT2D eigenvalue weighted by atomic mass is 10.1. The molecular formula is C20H22N2O4S2. The maximum atomic E-state index is 12.9. The van der Waals surface area contributed by atoms with Crippen LogP contribution in [0.2, 0.25) is 0 Å². The van der Waals surface area contributed by atoms with Crippen molar-refractivity contribution in [2.24, 2.45) is 0 Å². The number of hydrogen-bond donors (Lipinski definition) is 2. The summed E-state index contributed by atoms with van der Waals surface area (Å²) in [4.78, 5) is 24.9. The Morgan fingerprint density at radius 1 is 1.21 bits per heavy atom. The number of aryl methyl sites for hydroxylation is 2. The Balaban J connectivity index is 1.75. The van der Waals surface area contributed by atoms with Crippen molar-refractivity contribution in [1.29, 1.82) is 0 Å². The Hall–Kier alpha value is -2.32. The third-order valence-electron chi connectivity index (χ3n) is 4.58. The molecule has 3 rings (SSSR count). The van der Waals surface area contributed by atoms with Gasteiger partial charge in [0.2, 0.25) is 11.8 Å². The summed E-state index contributed by atoms with van der Waals surface area (Å²) >= 11 is 1.37. The summed E-state index contributed by atoms with van der Waals surface area (Å²) < 4.78 is 25.8. The van der Waals surface area contributed by atoms with Gasteiger partial charge in [0.25, 0.3) is 0 Å². The summed E-state index contributed by atoms with van der Waals surface area (Å²) in [5.74, 6) is -0.201. The Labute approximate surface area is 169 Å². The summed E-state index contributed by atoms with van der Waals surface area (Å²) in [5.41, 5.74) is 3.10. The molecular weight excluding hydrogens is 396 g/mol. The lowest BCUT2D eigenvalue weighted by Crippen LogP contribution is -2.26. The highest BCUT2D eigenvalue weighted by atomic mass is 32.2. The van der Waals surface area contributed by atoms with Crippen LogP contribution in [0.1, 0.15) is 24.5 Å². The van der Waals surface area contributed by atoms with E-state index in [0.717, 1.165) is 16.0 Å². The third kappa shape index (κ3) is 4.39. The molecule has 2 aromatic rings. The third-order valence-corrected chi connectivity index (χ3v) is 7.79. The van der Waals surface area contributed by atoms with E-state index in [0.29, 0.717) is 17.1 Å². The van der Waals surface area contributed by atoms with Crippen LogP contribution in [0.5, 0.6) is 0 Å². The van der Waals surface area contributed by atoms with Crippen molar-refractivity contribution in [3.8, 4) is 0 Å². The number of sulfone groups is 1. The van der Waals surface area contributed by atoms with Gasteiger partial charge >= 0.3 is 0 Å². The van der Waals surface area contributed by atoms with Crippen LogP contribution in [0.4, 0.5) is 11.4 Å². The number of amides is 2. The van der Waals surface area contributed by atoms with E-state index in [1.54, 1.807) is 6.07 Å². The summed E-state index contributed by atoms with van der Waals surface area (Å²) in [6.07, 6.45) is -0.159. The van der Waals surface area contributed by atoms with E-state index >= 15 is 0 Å². The summed E-state index contributed by atoms with van der Waals surface area (Å²) in [5, 5.41) is 4.59. The Morgan fingerprint density at radius 3 is 2.71 bits per heavy atom. The van der Waals surface area contributed by atoms with Gasteiger partial charge in [-0.15, -0.1) is 11.8 Å². The number of rotatable bonds is 5. The predicted molar refractivity (Wildman–Crippen MR) is 112 cm³/mol. The second-order valence-corrected chi connectivity index (χ2v) is 10.3. The molecule has 1 heterocycles. The van der Waals surface area contributed by atoms with Crippen molar-refractivity contribution < 1.29 is 18.0 Å². The number of carbonyl (C=O) groups is 2. The fourth-order valence-electron chi connectivity index (χ4n) is 2.91. The van der Waals surface area contributed by atoms with Gasteiger partial charge in [-0.05, 0) is 56.2 Å². The number of benzene rings is 2. The summed E-state index contributed by atoms with van der Waals surface area (Å²) in [7, 11) is -3.72. The van der Waals surface area contributed by atoms with E-state index < -0.39 is 15.1 Å². The summed E-state index contributed by atoms with van der Waals surface area (Å²) in [6, 6.07) is 10.4. The van der Waals surface area contributed by atoms with Gasteiger partial charge in [-0.2, -0.15) is 0 Å². The van der Waals surface area contributed by atoms with E-state index in [1.807, 2.05) is 32.0 Å². The fraction of sp³-hybridized carbons (Fsp3) is 0.300. The maximum absolute atomic E-state index is 12.9. The zero-order valence-electron chi connectivity index (χ0n) is 15.9. The van der Waals surface area contributed by atoms with Crippen LogP contribution in [0, 0.1) is 13.8 Å². The first-order valence-corrected chi connectivity index (χ1v) is 11.4. The van der Waals surface area contributed by atoms with Gasteiger partial charge in [0.05, 0.1) is 21.6 Å². The average Bonchev–Trinajstić information content (AvgIpc) is 2.63. The lowest BCUT2D eigenvalue weighted by Gasteiger charge is -2.19. The van der Waals surface area contributed by atoms with Gasteiger partial charge in [0.15, 0.2) is 9.84 Å². The highest BCUT2D eigenvalue weighted by molar-refractivity contribution is 8.00. The first-order chi connectivity index (χ1) is 13.2. The minimum absolute atomic E-state index is 0.0982. The molecule has 2 aromatic carbocycles. The van der Waals surface area contributed by atoms with E-state index in [9.17, 15) is 18.0 Å². The molecule has 0 radical (unpaired) electrons. The zero-order valence-corrected chi connectivity index (χ0v) is 17.5. The number of carbonyl (C=O) groups excluding carboxylic acids is 2. The minimum atomic E-state index is -3.72. The van der Waals surface area contributed by atoms with Gasteiger partial charge in [-0.25, -0.2) is 8.42 Å². The zero-order chi connectivity index (χ0) is 20.5. The van der Waals surface area contributed by atoms with Crippen LogP contribution in [-0.2, 0) is 19.4 Å². The van der Waals surface area contributed by atoms with Crippen molar-refractivity contribution in [3.05, 3.63) is 47.5 Å². The van der Waals surface area contributed by atoms with Crippen molar-refractivity contribution >= 4 is 44.8 Å². The lowest BCUT2D eigenvalue weighted by molar-refractivity contribution is -0.116. The molecule has 0 saturated heterocycles. The molecule has 1 aliphatic heterocycles.